The standard InChI is InChI=1S/C25H25FN4O6S2/c1-37(33,34)28-17-8-9-18-19(11-17)38(35,36)29-24(27-18)21-23(31)20-14-4-5-15(10-14)22(20)30(25(21)32)12-13-2-6-16(26)7-3-13/h2-3,6-9,11,14-15,20,22,28,31H,4-5,10,12H2,1H3,(H,27,29)/t14-,15-,20+,22-/m1/s1. The first-order valence-corrected chi connectivity index (χ1v) is 15.5. The maximum absolute atomic E-state index is 13.9. The van der Waals surface area contributed by atoms with Gasteiger partial charge in [-0.1, -0.05) is 12.1 Å². The average molecular weight is 561 g/mol. The fourth-order valence-electron chi connectivity index (χ4n) is 6.38. The molecule has 200 valence electrons. The molecular formula is C25H25FN4O6S2. The van der Waals surface area contributed by atoms with Gasteiger partial charge in [-0.3, -0.25) is 9.52 Å². The lowest BCUT2D eigenvalue weighted by atomic mass is 9.77. The largest absolute Gasteiger partial charge is 0.511 e. The average Bonchev–Trinajstić information content (AvgIpc) is 3.45. The number of rotatable bonds is 5. The molecule has 1 amide bonds. The lowest BCUT2D eigenvalue weighted by Gasteiger charge is -2.44. The normalized spacial score (nSPS) is 27.5. The summed E-state index contributed by atoms with van der Waals surface area (Å²) in [4.78, 5) is 15.3. The molecule has 38 heavy (non-hydrogen) atoms. The van der Waals surface area contributed by atoms with E-state index < -0.39 is 31.8 Å². The number of amidine groups is 1. The smallest absolute Gasteiger partial charge is 0.286 e. The molecule has 2 fully saturated rings. The molecular weight excluding hydrogens is 535 g/mol. The van der Waals surface area contributed by atoms with E-state index in [1.54, 1.807) is 17.0 Å². The van der Waals surface area contributed by atoms with Crippen molar-refractivity contribution >= 4 is 43.2 Å². The Balaban J connectivity index is 1.41. The molecule has 2 aromatic carbocycles. The Kier molecular flexibility index (Phi) is 5.58. The zero-order chi connectivity index (χ0) is 27.0. The minimum absolute atomic E-state index is 0.0429. The third-order valence-electron chi connectivity index (χ3n) is 7.81. The van der Waals surface area contributed by atoms with Gasteiger partial charge in [0.25, 0.3) is 15.9 Å². The SMILES string of the molecule is CS(=O)(=O)Nc1ccc2c(c1)S(=O)(=O)N=C(C1=C(O)[C@H]3[C@@H]4CC[C@H](C4)[C@H]3N(Cc3ccc(F)cc3)C1=O)N2. The minimum atomic E-state index is -4.35. The van der Waals surface area contributed by atoms with Crippen molar-refractivity contribution in [3.8, 4) is 0 Å². The minimum Gasteiger partial charge on any atom is -0.511 e. The van der Waals surface area contributed by atoms with E-state index in [2.05, 4.69) is 14.4 Å². The van der Waals surface area contributed by atoms with Gasteiger partial charge in [0, 0.05) is 24.2 Å². The van der Waals surface area contributed by atoms with Gasteiger partial charge in [0.15, 0.2) is 5.84 Å². The molecule has 2 aromatic rings. The molecule has 2 bridgehead atoms. The Morgan fingerprint density at radius 2 is 1.87 bits per heavy atom. The van der Waals surface area contributed by atoms with Crippen LogP contribution in [0.1, 0.15) is 24.8 Å². The van der Waals surface area contributed by atoms with Crippen LogP contribution < -0.4 is 10.0 Å². The number of aliphatic hydroxyl groups excluding tert-OH is 1. The fourth-order valence-corrected chi connectivity index (χ4v) is 8.08. The number of benzene rings is 2. The van der Waals surface area contributed by atoms with Gasteiger partial charge in [0.2, 0.25) is 10.0 Å². The summed E-state index contributed by atoms with van der Waals surface area (Å²) in [5.41, 5.74) is 0.654. The van der Waals surface area contributed by atoms with Crippen molar-refractivity contribution in [1.82, 2.24) is 4.90 Å². The number of halogens is 1. The fraction of sp³-hybridized carbons (Fsp3) is 0.360. The van der Waals surface area contributed by atoms with Crippen LogP contribution in [0.2, 0.25) is 0 Å². The zero-order valence-corrected chi connectivity index (χ0v) is 21.9. The molecule has 2 aliphatic carbocycles. The van der Waals surface area contributed by atoms with E-state index >= 15 is 0 Å². The topological polar surface area (TPSA) is 145 Å². The quantitative estimate of drug-likeness (QED) is 0.510. The van der Waals surface area contributed by atoms with Crippen LogP contribution >= 0.6 is 0 Å². The predicted octanol–water partition coefficient (Wildman–Crippen LogP) is 2.98. The molecule has 0 saturated heterocycles. The first-order chi connectivity index (χ1) is 17.9. The van der Waals surface area contributed by atoms with Crippen molar-refractivity contribution in [3.63, 3.8) is 0 Å². The van der Waals surface area contributed by atoms with E-state index in [9.17, 15) is 31.1 Å². The second-order valence-corrected chi connectivity index (χ2v) is 13.6. The third-order valence-corrected chi connectivity index (χ3v) is 9.73. The first kappa shape index (κ1) is 24.9. The second-order valence-electron chi connectivity index (χ2n) is 10.3. The molecule has 6 rings (SSSR count). The van der Waals surface area contributed by atoms with Crippen molar-refractivity contribution in [2.75, 3.05) is 16.3 Å². The van der Waals surface area contributed by atoms with Crippen molar-refractivity contribution in [2.24, 2.45) is 22.2 Å². The molecule has 0 spiro atoms. The van der Waals surface area contributed by atoms with Crippen LogP contribution in [0.5, 0.6) is 0 Å². The number of aliphatic hydroxyl groups is 1. The number of carbonyl (C=O) groups excluding carboxylic acids is 1. The van der Waals surface area contributed by atoms with E-state index in [1.807, 2.05) is 0 Å². The van der Waals surface area contributed by atoms with Gasteiger partial charge in [0.1, 0.15) is 22.0 Å². The van der Waals surface area contributed by atoms with Crippen LogP contribution in [0.15, 0.2) is 63.1 Å². The molecule has 2 aliphatic heterocycles. The van der Waals surface area contributed by atoms with Crippen LogP contribution in [0, 0.1) is 23.6 Å². The summed E-state index contributed by atoms with van der Waals surface area (Å²) in [5, 5.41) is 14.3. The summed E-state index contributed by atoms with van der Waals surface area (Å²) in [5.74, 6) is -1.38. The number of nitrogens with one attached hydrogen (secondary N) is 2. The van der Waals surface area contributed by atoms with E-state index in [4.69, 9.17) is 0 Å². The van der Waals surface area contributed by atoms with Crippen molar-refractivity contribution in [1.29, 1.82) is 0 Å². The highest BCUT2D eigenvalue weighted by molar-refractivity contribution is 7.92. The van der Waals surface area contributed by atoms with Gasteiger partial charge in [-0.2, -0.15) is 8.42 Å². The third kappa shape index (κ3) is 4.13. The molecule has 2 saturated carbocycles. The monoisotopic (exact) mass is 560 g/mol. The summed E-state index contributed by atoms with van der Waals surface area (Å²) in [6.45, 7) is 0.178. The summed E-state index contributed by atoms with van der Waals surface area (Å²) in [6, 6.07) is 9.49. The summed E-state index contributed by atoms with van der Waals surface area (Å²) in [6.07, 6.45) is 3.64. The van der Waals surface area contributed by atoms with Gasteiger partial charge in [0.05, 0.1) is 11.9 Å². The number of anilines is 2. The highest BCUT2D eigenvalue weighted by atomic mass is 32.2. The Hall–Kier alpha value is -3.45. The molecule has 0 unspecified atom stereocenters. The zero-order valence-electron chi connectivity index (χ0n) is 20.3. The Bertz CT molecular complexity index is 1640. The van der Waals surface area contributed by atoms with Crippen LogP contribution in [0.3, 0.4) is 0 Å². The molecule has 4 atom stereocenters. The van der Waals surface area contributed by atoms with E-state index in [0.29, 0.717) is 5.56 Å². The summed E-state index contributed by atoms with van der Waals surface area (Å²) < 4.78 is 69.0. The van der Waals surface area contributed by atoms with Gasteiger partial charge >= 0.3 is 0 Å². The molecule has 10 nitrogen and oxygen atoms in total. The number of fused-ring (bicyclic) bond motifs is 6. The van der Waals surface area contributed by atoms with E-state index in [-0.39, 0.29) is 63.8 Å². The summed E-state index contributed by atoms with van der Waals surface area (Å²) >= 11 is 0. The number of hydrogen-bond acceptors (Lipinski definition) is 7. The Labute approximate surface area is 219 Å². The van der Waals surface area contributed by atoms with Crippen LogP contribution in [0.4, 0.5) is 15.8 Å². The van der Waals surface area contributed by atoms with E-state index in [0.717, 1.165) is 31.6 Å². The summed E-state index contributed by atoms with van der Waals surface area (Å²) in [7, 11) is -7.99. The molecule has 3 N–H and O–H groups in total. The number of sulfonamides is 2. The number of nitrogens with zero attached hydrogens (tertiary/aromatic N) is 2. The molecule has 4 aliphatic rings. The molecule has 13 heteroatoms. The van der Waals surface area contributed by atoms with Crippen LogP contribution in [-0.4, -0.2) is 50.9 Å². The maximum Gasteiger partial charge on any atom is 0.286 e. The second kappa shape index (κ2) is 8.53. The van der Waals surface area contributed by atoms with Gasteiger partial charge < -0.3 is 15.3 Å². The molecule has 0 aromatic heterocycles. The molecule has 0 radical (unpaired) electrons. The first-order valence-electron chi connectivity index (χ1n) is 12.1. The Morgan fingerprint density at radius 3 is 2.58 bits per heavy atom. The van der Waals surface area contributed by atoms with Crippen molar-refractivity contribution < 1.29 is 31.1 Å². The van der Waals surface area contributed by atoms with Gasteiger partial charge in [-0.25, -0.2) is 12.8 Å². The number of carbonyl (C=O) groups is 1. The number of hydrogen-bond donors (Lipinski definition) is 3. The van der Waals surface area contributed by atoms with Gasteiger partial charge in [-0.05, 0) is 67.0 Å². The highest BCUT2D eigenvalue weighted by Crippen LogP contribution is 2.55. The van der Waals surface area contributed by atoms with E-state index in [1.165, 1.54) is 24.3 Å². The van der Waals surface area contributed by atoms with Crippen LogP contribution in [-0.2, 0) is 31.4 Å². The van der Waals surface area contributed by atoms with Crippen LogP contribution in [0.25, 0.3) is 0 Å². The Morgan fingerprint density at radius 1 is 1.16 bits per heavy atom. The maximum atomic E-state index is 13.9. The predicted molar refractivity (Wildman–Crippen MR) is 138 cm³/mol. The van der Waals surface area contributed by atoms with Gasteiger partial charge in [-0.15, -0.1) is 4.40 Å². The highest BCUT2D eigenvalue weighted by Gasteiger charge is 2.57. The van der Waals surface area contributed by atoms with Crippen molar-refractivity contribution in [2.45, 2.75) is 36.7 Å². The number of amides is 1. The molecule has 2 heterocycles. The lowest BCUT2D eigenvalue weighted by molar-refractivity contribution is -0.134. The van der Waals surface area contributed by atoms with Crippen molar-refractivity contribution in [3.05, 3.63) is 65.2 Å². The lowest BCUT2D eigenvalue weighted by Crippen LogP contribution is -2.53.